The molecule has 0 saturated heterocycles. The monoisotopic (exact) mass is 341 g/mol. The third-order valence-corrected chi connectivity index (χ3v) is 4.29. The van der Waals surface area contributed by atoms with Crippen LogP contribution in [-0.2, 0) is 0 Å². The SMILES string of the molecule is CC1(C)Oc2ccc(C#N)cc2[C@@H](n2cccc([N+](=O)[O-])c2=O)[C@@H]1O. The summed E-state index contributed by atoms with van der Waals surface area (Å²) in [5.41, 5.74) is -1.69. The molecule has 1 aliphatic rings. The minimum atomic E-state index is -1.16. The number of aromatic nitrogens is 1. The molecule has 0 radical (unpaired) electrons. The van der Waals surface area contributed by atoms with E-state index in [1.54, 1.807) is 26.0 Å². The fourth-order valence-corrected chi connectivity index (χ4v) is 2.99. The third-order valence-electron chi connectivity index (χ3n) is 4.29. The summed E-state index contributed by atoms with van der Waals surface area (Å²) >= 11 is 0. The van der Waals surface area contributed by atoms with Crippen molar-refractivity contribution in [3.8, 4) is 11.8 Å². The smallest absolute Gasteiger partial charge is 0.334 e. The topological polar surface area (TPSA) is 118 Å². The quantitative estimate of drug-likeness (QED) is 0.656. The number of rotatable bonds is 2. The van der Waals surface area contributed by atoms with E-state index in [0.29, 0.717) is 16.9 Å². The summed E-state index contributed by atoms with van der Waals surface area (Å²) in [5, 5.41) is 31.0. The molecule has 8 nitrogen and oxygen atoms in total. The van der Waals surface area contributed by atoms with E-state index in [9.17, 15) is 20.0 Å². The Balaban J connectivity index is 2.29. The Hall–Kier alpha value is -3.18. The van der Waals surface area contributed by atoms with Gasteiger partial charge in [0.25, 0.3) is 0 Å². The lowest BCUT2D eigenvalue weighted by molar-refractivity contribution is -0.386. The third kappa shape index (κ3) is 2.64. The Morgan fingerprint density at radius 2 is 2.12 bits per heavy atom. The maximum atomic E-state index is 12.5. The van der Waals surface area contributed by atoms with Crippen LogP contribution in [0.1, 0.15) is 31.0 Å². The van der Waals surface area contributed by atoms with Gasteiger partial charge in [-0.3, -0.25) is 19.5 Å². The number of aliphatic hydroxyl groups excluding tert-OH is 1. The highest BCUT2D eigenvalue weighted by Crippen LogP contribution is 2.41. The van der Waals surface area contributed by atoms with E-state index in [1.807, 2.05) is 6.07 Å². The molecule has 2 aromatic rings. The van der Waals surface area contributed by atoms with Gasteiger partial charge in [0.05, 0.1) is 22.6 Å². The largest absolute Gasteiger partial charge is 0.485 e. The number of hydrogen-bond donors (Lipinski definition) is 1. The Bertz CT molecular complexity index is 957. The Kier molecular flexibility index (Phi) is 3.81. The molecule has 128 valence electrons. The van der Waals surface area contributed by atoms with Gasteiger partial charge in [0.1, 0.15) is 17.5 Å². The maximum Gasteiger partial charge on any atom is 0.334 e. The normalized spacial score (nSPS) is 20.9. The van der Waals surface area contributed by atoms with Crippen molar-refractivity contribution < 1.29 is 14.8 Å². The van der Waals surface area contributed by atoms with Gasteiger partial charge >= 0.3 is 11.2 Å². The lowest BCUT2D eigenvalue weighted by Crippen LogP contribution is -2.52. The van der Waals surface area contributed by atoms with Gasteiger partial charge in [0, 0.05) is 17.8 Å². The standard InChI is InChI=1S/C17H15N3O5/c1-17(2)15(21)14(11-8-10(9-18)5-6-13(11)25-17)19-7-3-4-12(16(19)22)20(23)24/h3-8,14-15,21H,1-2H3/t14-,15+/m1/s1. The first-order valence-electron chi connectivity index (χ1n) is 7.53. The van der Waals surface area contributed by atoms with E-state index in [0.717, 1.165) is 10.6 Å². The molecule has 2 atom stereocenters. The summed E-state index contributed by atoms with van der Waals surface area (Å²) in [4.78, 5) is 22.8. The number of benzene rings is 1. The number of aliphatic hydroxyl groups is 1. The van der Waals surface area contributed by atoms with E-state index in [2.05, 4.69) is 0 Å². The van der Waals surface area contributed by atoms with Crippen LogP contribution in [0.2, 0.25) is 0 Å². The molecule has 8 heteroatoms. The highest BCUT2D eigenvalue weighted by molar-refractivity contribution is 5.47. The molecule has 0 bridgehead atoms. The molecule has 2 heterocycles. The second-order valence-corrected chi connectivity index (χ2v) is 6.32. The number of ether oxygens (including phenoxy) is 1. The molecule has 0 spiro atoms. The predicted octanol–water partition coefficient (Wildman–Crippen LogP) is 1.75. The fourth-order valence-electron chi connectivity index (χ4n) is 2.99. The molecule has 0 unspecified atom stereocenters. The lowest BCUT2D eigenvalue weighted by atomic mass is 9.85. The number of fused-ring (bicyclic) bond motifs is 1. The Morgan fingerprint density at radius 3 is 2.76 bits per heavy atom. The molecule has 0 aliphatic carbocycles. The van der Waals surface area contributed by atoms with Gasteiger partial charge in [-0.25, -0.2) is 0 Å². The number of nitro groups is 1. The van der Waals surface area contributed by atoms with Crippen LogP contribution in [0.15, 0.2) is 41.3 Å². The van der Waals surface area contributed by atoms with Gasteiger partial charge in [-0.1, -0.05) is 0 Å². The number of hydrogen-bond acceptors (Lipinski definition) is 6. The predicted molar refractivity (Wildman–Crippen MR) is 87.4 cm³/mol. The van der Waals surface area contributed by atoms with Crippen molar-refractivity contribution in [3.05, 3.63) is 68.1 Å². The summed E-state index contributed by atoms with van der Waals surface area (Å²) in [6.07, 6.45) is 0.224. The zero-order valence-electron chi connectivity index (χ0n) is 13.5. The summed E-state index contributed by atoms with van der Waals surface area (Å²) < 4.78 is 6.91. The van der Waals surface area contributed by atoms with E-state index in [1.165, 1.54) is 18.3 Å². The summed E-state index contributed by atoms with van der Waals surface area (Å²) in [5.74, 6) is 0.415. The highest BCUT2D eigenvalue weighted by atomic mass is 16.6. The summed E-state index contributed by atoms with van der Waals surface area (Å²) in [6.45, 7) is 3.32. The van der Waals surface area contributed by atoms with Crippen molar-refractivity contribution >= 4 is 5.69 Å². The van der Waals surface area contributed by atoms with Gasteiger partial charge in [0.2, 0.25) is 0 Å². The van der Waals surface area contributed by atoms with Crippen LogP contribution in [0.3, 0.4) is 0 Å². The lowest BCUT2D eigenvalue weighted by Gasteiger charge is -2.42. The van der Waals surface area contributed by atoms with Gasteiger partial charge in [-0.15, -0.1) is 0 Å². The van der Waals surface area contributed by atoms with Crippen LogP contribution in [-0.4, -0.2) is 26.3 Å². The van der Waals surface area contributed by atoms with Crippen LogP contribution in [0, 0.1) is 21.4 Å². The Labute approximate surface area is 142 Å². The first kappa shape index (κ1) is 16.7. The van der Waals surface area contributed by atoms with Crippen LogP contribution in [0.5, 0.6) is 5.75 Å². The molecule has 25 heavy (non-hydrogen) atoms. The average Bonchev–Trinajstić information content (AvgIpc) is 2.56. The van der Waals surface area contributed by atoms with Crippen LogP contribution < -0.4 is 10.3 Å². The second-order valence-electron chi connectivity index (χ2n) is 6.32. The van der Waals surface area contributed by atoms with Crippen molar-refractivity contribution in [3.63, 3.8) is 0 Å². The van der Waals surface area contributed by atoms with Crippen molar-refractivity contribution in [1.82, 2.24) is 4.57 Å². The molecule has 1 aliphatic heterocycles. The van der Waals surface area contributed by atoms with E-state index < -0.39 is 33.9 Å². The number of nitrogens with zero attached hydrogens (tertiary/aromatic N) is 3. The van der Waals surface area contributed by atoms with Crippen molar-refractivity contribution in [2.24, 2.45) is 0 Å². The van der Waals surface area contributed by atoms with Crippen LogP contribution >= 0.6 is 0 Å². The van der Waals surface area contributed by atoms with Crippen LogP contribution in [0.25, 0.3) is 0 Å². The first-order chi connectivity index (χ1) is 11.8. The average molecular weight is 341 g/mol. The molecule has 0 amide bonds. The molecule has 3 rings (SSSR count). The van der Waals surface area contributed by atoms with Gasteiger partial charge in [-0.05, 0) is 38.1 Å². The highest BCUT2D eigenvalue weighted by Gasteiger charge is 2.44. The minimum Gasteiger partial charge on any atom is -0.485 e. The molecule has 1 aromatic carbocycles. The van der Waals surface area contributed by atoms with E-state index in [4.69, 9.17) is 10.00 Å². The zero-order chi connectivity index (χ0) is 18.4. The fraction of sp³-hybridized carbons (Fsp3) is 0.294. The molecule has 1 aromatic heterocycles. The van der Waals surface area contributed by atoms with Crippen molar-refractivity contribution in [2.45, 2.75) is 31.6 Å². The molecule has 0 fully saturated rings. The summed E-state index contributed by atoms with van der Waals surface area (Å²) in [7, 11) is 0. The minimum absolute atomic E-state index is 0.331. The van der Waals surface area contributed by atoms with Gasteiger partial charge in [-0.2, -0.15) is 5.26 Å². The maximum absolute atomic E-state index is 12.5. The zero-order valence-corrected chi connectivity index (χ0v) is 13.5. The van der Waals surface area contributed by atoms with Gasteiger partial charge in [0.15, 0.2) is 0 Å². The molecular weight excluding hydrogens is 326 g/mol. The van der Waals surface area contributed by atoms with Crippen molar-refractivity contribution in [2.75, 3.05) is 0 Å². The van der Waals surface area contributed by atoms with Crippen LogP contribution in [0.4, 0.5) is 5.69 Å². The molecule has 1 N–H and O–H groups in total. The number of nitriles is 1. The van der Waals surface area contributed by atoms with E-state index >= 15 is 0 Å². The summed E-state index contributed by atoms with van der Waals surface area (Å²) in [6, 6.07) is 8.25. The molecular formula is C17H15N3O5. The van der Waals surface area contributed by atoms with Crippen molar-refractivity contribution in [1.29, 1.82) is 5.26 Å². The first-order valence-corrected chi connectivity index (χ1v) is 7.53. The Morgan fingerprint density at radius 1 is 1.40 bits per heavy atom. The van der Waals surface area contributed by atoms with E-state index in [-0.39, 0.29) is 0 Å². The molecule has 0 saturated carbocycles. The van der Waals surface area contributed by atoms with Gasteiger partial charge < -0.3 is 9.84 Å². The second kappa shape index (κ2) is 5.72. The number of pyridine rings is 1.